The van der Waals surface area contributed by atoms with E-state index in [4.69, 9.17) is 4.98 Å². The zero-order chi connectivity index (χ0) is 12.5. The summed E-state index contributed by atoms with van der Waals surface area (Å²) in [6.45, 7) is 8.14. The van der Waals surface area contributed by atoms with E-state index in [-0.39, 0.29) is 0 Å². The van der Waals surface area contributed by atoms with Crippen LogP contribution < -0.4 is 0 Å². The summed E-state index contributed by atoms with van der Waals surface area (Å²) >= 11 is 0. The summed E-state index contributed by atoms with van der Waals surface area (Å²) in [5.74, 6) is 2.50. The number of hydrogen-bond acceptors (Lipinski definition) is 2. The molecule has 0 bridgehead atoms. The molecule has 0 saturated carbocycles. The van der Waals surface area contributed by atoms with E-state index >= 15 is 0 Å². The molecule has 0 aliphatic carbocycles. The van der Waals surface area contributed by atoms with Gasteiger partial charge in [-0.15, -0.1) is 0 Å². The van der Waals surface area contributed by atoms with Crippen LogP contribution in [0.5, 0.6) is 0 Å². The van der Waals surface area contributed by atoms with E-state index < -0.39 is 0 Å². The predicted octanol–water partition coefficient (Wildman–Crippen LogP) is 3.01. The number of hydrogen-bond donors (Lipinski definition) is 1. The molecule has 2 heterocycles. The molecule has 3 nitrogen and oxygen atoms in total. The zero-order valence-corrected chi connectivity index (χ0v) is 11.2. The summed E-state index contributed by atoms with van der Waals surface area (Å²) in [6, 6.07) is 8.29. The molecule has 0 spiro atoms. The Labute approximate surface area is 108 Å². The summed E-state index contributed by atoms with van der Waals surface area (Å²) in [4.78, 5) is 10.8. The quantitative estimate of drug-likeness (QED) is 0.898. The SMILES string of the molecule is CC(C)CN1CCC(c2nc3ccccc3[nH]2)C1. The van der Waals surface area contributed by atoms with E-state index in [1.807, 2.05) is 6.07 Å². The number of aromatic nitrogens is 2. The van der Waals surface area contributed by atoms with E-state index in [1.54, 1.807) is 0 Å². The number of para-hydroxylation sites is 2. The molecule has 1 unspecified atom stereocenters. The van der Waals surface area contributed by atoms with Gasteiger partial charge >= 0.3 is 0 Å². The number of H-pyrrole nitrogens is 1. The Morgan fingerprint density at radius 1 is 1.39 bits per heavy atom. The first-order chi connectivity index (χ1) is 8.72. The molecule has 96 valence electrons. The second-order valence-corrected chi connectivity index (χ2v) is 5.78. The molecule has 1 fully saturated rings. The van der Waals surface area contributed by atoms with Crippen molar-refractivity contribution in [2.24, 2.45) is 5.92 Å². The topological polar surface area (TPSA) is 31.9 Å². The van der Waals surface area contributed by atoms with Gasteiger partial charge in [0.15, 0.2) is 0 Å². The molecule has 1 aromatic heterocycles. The number of likely N-dealkylation sites (tertiary alicyclic amines) is 1. The van der Waals surface area contributed by atoms with Gasteiger partial charge in [0.05, 0.1) is 11.0 Å². The lowest BCUT2D eigenvalue weighted by molar-refractivity contribution is 0.294. The van der Waals surface area contributed by atoms with Crippen LogP contribution in [-0.2, 0) is 0 Å². The molecule has 1 atom stereocenters. The maximum Gasteiger partial charge on any atom is 0.111 e. The molecule has 0 radical (unpaired) electrons. The molecule has 0 amide bonds. The van der Waals surface area contributed by atoms with Crippen LogP contribution in [-0.4, -0.2) is 34.5 Å². The van der Waals surface area contributed by atoms with Gasteiger partial charge in [0, 0.05) is 19.0 Å². The average molecular weight is 243 g/mol. The first-order valence-corrected chi connectivity index (χ1v) is 6.89. The Hall–Kier alpha value is -1.35. The van der Waals surface area contributed by atoms with Gasteiger partial charge in [-0.2, -0.15) is 0 Å². The van der Waals surface area contributed by atoms with Gasteiger partial charge in [0.1, 0.15) is 5.82 Å². The molecule has 1 aliphatic heterocycles. The Balaban J connectivity index is 1.75. The van der Waals surface area contributed by atoms with Crippen molar-refractivity contribution in [3.05, 3.63) is 30.1 Å². The number of imidazole rings is 1. The fraction of sp³-hybridized carbons (Fsp3) is 0.533. The van der Waals surface area contributed by atoms with Crippen LogP contribution in [0, 0.1) is 5.92 Å². The monoisotopic (exact) mass is 243 g/mol. The van der Waals surface area contributed by atoms with Crippen LogP contribution in [0.25, 0.3) is 11.0 Å². The maximum atomic E-state index is 4.73. The summed E-state index contributed by atoms with van der Waals surface area (Å²) < 4.78 is 0. The van der Waals surface area contributed by atoms with Crippen LogP contribution in [0.4, 0.5) is 0 Å². The van der Waals surface area contributed by atoms with Crippen LogP contribution in [0.3, 0.4) is 0 Å². The minimum atomic E-state index is 0.580. The lowest BCUT2D eigenvalue weighted by atomic mass is 10.1. The van der Waals surface area contributed by atoms with E-state index in [9.17, 15) is 0 Å². The minimum absolute atomic E-state index is 0.580. The third kappa shape index (κ3) is 2.27. The Kier molecular flexibility index (Phi) is 3.08. The zero-order valence-electron chi connectivity index (χ0n) is 11.2. The highest BCUT2D eigenvalue weighted by atomic mass is 15.2. The van der Waals surface area contributed by atoms with Crippen molar-refractivity contribution in [1.82, 2.24) is 14.9 Å². The summed E-state index contributed by atoms with van der Waals surface area (Å²) in [5.41, 5.74) is 2.25. The summed E-state index contributed by atoms with van der Waals surface area (Å²) in [7, 11) is 0. The lowest BCUT2D eigenvalue weighted by Gasteiger charge is -2.17. The van der Waals surface area contributed by atoms with Crippen LogP contribution in [0.15, 0.2) is 24.3 Å². The lowest BCUT2D eigenvalue weighted by Crippen LogP contribution is -2.25. The summed E-state index contributed by atoms with van der Waals surface area (Å²) in [5, 5.41) is 0. The molecular formula is C15H21N3. The van der Waals surface area contributed by atoms with Crippen molar-refractivity contribution >= 4 is 11.0 Å². The van der Waals surface area contributed by atoms with Crippen LogP contribution in [0.1, 0.15) is 32.0 Å². The largest absolute Gasteiger partial charge is 0.342 e. The highest BCUT2D eigenvalue weighted by molar-refractivity contribution is 5.74. The van der Waals surface area contributed by atoms with E-state index in [0.29, 0.717) is 5.92 Å². The van der Waals surface area contributed by atoms with Crippen molar-refractivity contribution in [3.63, 3.8) is 0 Å². The number of nitrogens with one attached hydrogen (secondary N) is 1. The number of nitrogens with zero attached hydrogens (tertiary/aromatic N) is 2. The van der Waals surface area contributed by atoms with Gasteiger partial charge in [0.25, 0.3) is 0 Å². The van der Waals surface area contributed by atoms with Crippen molar-refractivity contribution in [2.75, 3.05) is 19.6 Å². The molecule has 1 aliphatic rings. The van der Waals surface area contributed by atoms with Crippen molar-refractivity contribution in [3.8, 4) is 0 Å². The smallest absolute Gasteiger partial charge is 0.111 e. The third-order valence-electron chi connectivity index (χ3n) is 3.69. The predicted molar refractivity (Wildman–Crippen MR) is 74.7 cm³/mol. The molecule has 1 N–H and O–H groups in total. The van der Waals surface area contributed by atoms with Gasteiger partial charge in [-0.1, -0.05) is 26.0 Å². The van der Waals surface area contributed by atoms with E-state index in [0.717, 1.165) is 23.5 Å². The molecule has 1 saturated heterocycles. The highest BCUT2D eigenvalue weighted by Crippen LogP contribution is 2.27. The van der Waals surface area contributed by atoms with Gasteiger partial charge in [-0.3, -0.25) is 0 Å². The standard InChI is InChI=1S/C15H21N3/c1-11(2)9-18-8-7-12(10-18)15-16-13-5-3-4-6-14(13)17-15/h3-6,11-12H,7-10H2,1-2H3,(H,16,17). The number of benzene rings is 1. The van der Waals surface area contributed by atoms with Crippen LogP contribution in [0.2, 0.25) is 0 Å². The van der Waals surface area contributed by atoms with Gasteiger partial charge in [-0.05, 0) is 31.0 Å². The fourth-order valence-electron chi connectivity index (χ4n) is 2.90. The number of fused-ring (bicyclic) bond motifs is 1. The Morgan fingerprint density at radius 3 is 3.00 bits per heavy atom. The van der Waals surface area contributed by atoms with Crippen LogP contribution >= 0.6 is 0 Å². The van der Waals surface area contributed by atoms with E-state index in [1.165, 1.54) is 25.3 Å². The molecular weight excluding hydrogens is 222 g/mol. The first kappa shape index (κ1) is 11.7. The summed E-state index contributed by atoms with van der Waals surface area (Å²) in [6.07, 6.45) is 1.23. The Morgan fingerprint density at radius 2 is 2.22 bits per heavy atom. The minimum Gasteiger partial charge on any atom is -0.342 e. The first-order valence-electron chi connectivity index (χ1n) is 6.89. The number of aromatic amines is 1. The molecule has 3 heteroatoms. The average Bonchev–Trinajstić information content (AvgIpc) is 2.93. The van der Waals surface area contributed by atoms with Gasteiger partial charge in [0.2, 0.25) is 0 Å². The molecule has 2 aromatic rings. The number of rotatable bonds is 3. The molecule has 18 heavy (non-hydrogen) atoms. The van der Waals surface area contributed by atoms with Gasteiger partial charge in [-0.25, -0.2) is 4.98 Å². The fourth-order valence-corrected chi connectivity index (χ4v) is 2.90. The Bertz CT molecular complexity index is 496. The molecule has 3 rings (SSSR count). The second kappa shape index (κ2) is 4.73. The van der Waals surface area contributed by atoms with E-state index in [2.05, 4.69) is 41.9 Å². The second-order valence-electron chi connectivity index (χ2n) is 5.78. The van der Waals surface area contributed by atoms with Crippen molar-refractivity contribution < 1.29 is 0 Å². The normalized spacial score (nSPS) is 21.2. The molecule has 1 aromatic carbocycles. The highest BCUT2D eigenvalue weighted by Gasteiger charge is 2.26. The third-order valence-corrected chi connectivity index (χ3v) is 3.69. The maximum absolute atomic E-state index is 4.73. The van der Waals surface area contributed by atoms with Crippen molar-refractivity contribution in [1.29, 1.82) is 0 Å². The van der Waals surface area contributed by atoms with Gasteiger partial charge < -0.3 is 9.88 Å². The van der Waals surface area contributed by atoms with Crippen molar-refractivity contribution in [2.45, 2.75) is 26.2 Å².